The van der Waals surface area contributed by atoms with Crippen LogP contribution in [0.4, 0.5) is 11.4 Å². The van der Waals surface area contributed by atoms with E-state index in [-0.39, 0.29) is 5.69 Å². The van der Waals surface area contributed by atoms with Crippen LogP contribution in [0.15, 0.2) is 36.4 Å². The van der Waals surface area contributed by atoms with E-state index in [0.717, 1.165) is 41.7 Å². The average molecular weight is 405 g/mol. The third-order valence-corrected chi connectivity index (χ3v) is 5.64. The van der Waals surface area contributed by atoms with Crippen molar-refractivity contribution in [1.82, 2.24) is 25.1 Å². The quantitative estimate of drug-likeness (QED) is 0.244. The number of anilines is 1. The summed E-state index contributed by atoms with van der Waals surface area (Å²) >= 11 is 0. The second-order valence-electron chi connectivity index (χ2n) is 7.71. The normalized spacial score (nSPS) is 14.7. The van der Waals surface area contributed by atoms with Crippen LogP contribution in [-0.4, -0.2) is 56.2 Å². The van der Waals surface area contributed by atoms with Gasteiger partial charge in [-0.05, 0) is 63.2 Å². The molecule has 0 saturated carbocycles. The number of nitro benzene ring substituents is 1. The van der Waals surface area contributed by atoms with Crippen molar-refractivity contribution >= 4 is 33.3 Å². The monoisotopic (exact) mass is 405 g/mol. The van der Waals surface area contributed by atoms with Gasteiger partial charge in [-0.2, -0.15) is 5.10 Å². The minimum absolute atomic E-state index is 0.0293. The lowest BCUT2D eigenvalue weighted by molar-refractivity contribution is -0.384. The highest BCUT2D eigenvalue weighted by Crippen LogP contribution is 2.29. The zero-order valence-corrected chi connectivity index (χ0v) is 16.5. The Bertz CT molecular complexity index is 1210. The zero-order valence-electron chi connectivity index (χ0n) is 16.5. The first-order valence-corrected chi connectivity index (χ1v) is 10.3. The Morgan fingerprint density at radius 3 is 2.83 bits per heavy atom. The molecule has 0 amide bonds. The molecule has 0 unspecified atom stereocenters. The second-order valence-corrected chi connectivity index (χ2v) is 7.71. The first-order valence-electron chi connectivity index (χ1n) is 10.3. The molecule has 1 saturated heterocycles. The van der Waals surface area contributed by atoms with Gasteiger partial charge in [-0.25, -0.2) is 4.98 Å². The highest BCUT2D eigenvalue weighted by molar-refractivity contribution is 5.94. The predicted octanol–water partition coefficient (Wildman–Crippen LogP) is 3.91. The highest BCUT2D eigenvalue weighted by atomic mass is 16.6. The summed E-state index contributed by atoms with van der Waals surface area (Å²) in [7, 11) is 0. The van der Waals surface area contributed by atoms with Gasteiger partial charge in [-0.15, -0.1) is 0 Å². The largest absolute Gasteiger partial charge is 0.385 e. The molecule has 0 aliphatic carbocycles. The van der Waals surface area contributed by atoms with Crippen molar-refractivity contribution in [2.45, 2.75) is 19.3 Å². The van der Waals surface area contributed by atoms with Gasteiger partial charge in [0.2, 0.25) is 0 Å². The number of nitrogens with zero attached hydrogens (tertiary/aromatic N) is 4. The lowest BCUT2D eigenvalue weighted by atomic mass is 10.2. The zero-order chi connectivity index (χ0) is 20.5. The van der Waals surface area contributed by atoms with Crippen LogP contribution in [0, 0.1) is 10.1 Å². The van der Waals surface area contributed by atoms with Crippen molar-refractivity contribution in [3.05, 3.63) is 46.5 Å². The number of fused-ring (bicyclic) bond motifs is 2. The number of rotatable bonds is 7. The van der Waals surface area contributed by atoms with Gasteiger partial charge in [0, 0.05) is 29.8 Å². The predicted molar refractivity (Wildman–Crippen MR) is 117 cm³/mol. The molecule has 0 spiro atoms. The van der Waals surface area contributed by atoms with Crippen LogP contribution in [0.5, 0.6) is 0 Å². The average Bonchev–Trinajstić information content (AvgIpc) is 3.49. The van der Waals surface area contributed by atoms with E-state index in [1.165, 1.54) is 38.1 Å². The van der Waals surface area contributed by atoms with E-state index in [9.17, 15) is 10.1 Å². The molecule has 0 radical (unpaired) electrons. The maximum atomic E-state index is 11.1. The van der Waals surface area contributed by atoms with Crippen molar-refractivity contribution in [2.24, 2.45) is 0 Å². The summed E-state index contributed by atoms with van der Waals surface area (Å²) < 4.78 is 0. The van der Waals surface area contributed by atoms with E-state index in [1.807, 2.05) is 18.2 Å². The third kappa shape index (κ3) is 3.59. The molecule has 4 aromatic rings. The van der Waals surface area contributed by atoms with Crippen LogP contribution in [0.1, 0.15) is 19.3 Å². The number of hydrogen-bond acceptors (Lipinski definition) is 6. The Morgan fingerprint density at radius 2 is 2.00 bits per heavy atom. The minimum Gasteiger partial charge on any atom is -0.385 e. The van der Waals surface area contributed by atoms with Gasteiger partial charge in [0.15, 0.2) is 5.82 Å². The highest BCUT2D eigenvalue weighted by Gasteiger charge is 2.16. The van der Waals surface area contributed by atoms with Gasteiger partial charge in [-0.1, -0.05) is 0 Å². The number of nitro groups is 1. The summed E-state index contributed by atoms with van der Waals surface area (Å²) in [6, 6.07) is 10.7. The maximum Gasteiger partial charge on any atom is 0.270 e. The van der Waals surface area contributed by atoms with E-state index in [0.29, 0.717) is 16.9 Å². The Balaban J connectivity index is 1.34. The van der Waals surface area contributed by atoms with Crippen molar-refractivity contribution in [3.63, 3.8) is 0 Å². The van der Waals surface area contributed by atoms with Crippen molar-refractivity contribution in [1.29, 1.82) is 0 Å². The Hall–Kier alpha value is -3.46. The number of hydrogen-bond donors (Lipinski definition) is 3. The number of aromatic amines is 2. The summed E-state index contributed by atoms with van der Waals surface area (Å²) in [5.41, 5.74) is 4.11. The summed E-state index contributed by atoms with van der Waals surface area (Å²) in [4.78, 5) is 21.2. The first-order chi connectivity index (χ1) is 14.7. The van der Waals surface area contributed by atoms with E-state index in [2.05, 4.69) is 30.4 Å². The molecule has 3 N–H and O–H groups in total. The van der Waals surface area contributed by atoms with E-state index < -0.39 is 4.92 Å². The molecule has 2 aromatic heterocycles. The summed E-state index contributed by atoms with van der Waals surface area (Å²) in [5.74, 6) is 0.586. The van der Waals surface area contributed by atoms with Crippen molar-refractivity contribution < 1.29 is 4.92 Å². The van der Waals surface area contributed by atoms with Gasteiger partial charge in [-0.3, -0.25) is 15.2 Å². The Morgan fingerprint density at radius 1 is 1.13 bits per heavy atom. The lowest BCUT2D eigenvalue weighted by Gasteiger charge is -2.14. The number of aromatic nitrogens is 4. The van der Waals surface area contributed by atoms with Crippen LogP contribution in [0.2, 0.25) is 0 Å². The van der Waals surface area contributed by atoms with Gasteiger partial charge in [0.05, 0.1) is 21.5 Å². The minimum atomic E-state index is -0.406. The summed E-state index contributed by atoms with van der Waals surface area (Å²) in [5, 5.41) is 22.5. The standard InChI is InChI=1S/C21H23N7O2/c29-28(30)15-5-7-17-16(13-15)20(26-25-17)21-23-18-6-4-14(12-19(18)24-21)22-8-3-11-27-9-1-2-10-27/h4-7,12-13,22H,1-3,8-11H2,(H,23,24)(H,25,26). The Kier molecular flexibility index (Phi) is 4.80. The fraction of sp³-hybridized carbons (Fsp3) is 0.333. The topological polar surface area (TPSA) is 116 Å². The summed E-state index contributed by atoms with van der Waals surface area (Å²) in [6.45, 7) is 4.53. The van der Waals surface area contributed by atoms with Crippen LogP contribution in [0.3, 0.4) is 0 Å². The smallest absolute Gasteiger partial charge is 0.270 e. The molecule has 9 heteroatoms. The molecule has 154 valence electrons. The first kappa shape index (κ1) is 18.6. The van der Waals surface area contributed by atoms with Crippen molar-refractivity contribution in [2.75, 3.05) is 31.5 Å². The van der Waals surface area contributed by atoms with Crippen molar-refractivity contribution in [3.8, 4) is 11.5 Å². The van der Waals surface area contributed by atoms with Gasteiger partial charge in [0.1, 0.15) is 5.69 Å². The Labute approximate surface area is 172 Å². The molecular formula is C21H23N7O2. The van der Waals surface area contributed by atoms with Crippen LogP contribution < -0.4 is 5.32 Å². The van der Waals surface area contributed by atoms with Crippen LogP contribution in [0.25, 0.3) is 33.5 Å². The molecular weight excluding hydrogens is 382 g/mol. The molecule has 2 aromatic carbocycles. The molecule has 1 aliphatic rings. The van der Waals surface area contributed by atoms with Gasteiger partial charge >= 0.3 is 0 Å². The van der Waals surface area contributed by atoms with Crippen LogP contribution in [-0.2, 0) is 0 Å². The molecule has 0 atom stereocenters. The fourth-order valence-electron chi connectivity index (χ4n) is 4.07. The number of non-ortho nitro benzene ring substituents is 1. The number of imidazole rings is 1. The molecule has 5 rings (SSSR count). The van der Waals surface area contributed by atoms with Gasteiger partial charge in [0.25, 0.3) is 5.69 Å². The fourth-order valence-corrected chi connectivity index (χ4v) is 4.07. The van der Waals surface area contributed by atoms with E-state index >= 15 is 0 Å². The van der Waals surface area contributed by atoms with E-state index in [1.54, 1.807) is 6.07 Å². The molecule has 30 heavy (non-hydrogen) atoms. The molecule has 1 aliphatic heterocycles. The molecule has 0 bridgehead atoms. The molecule has 3 heterocycles. The van der Waals surface area contributed by atoms with Gasteiger partial charge < -0.3 is 15.2 Å². The maximum absolute atomic E-state index is 11.1. The third-order valence-electron chi connectivity index (χ3n) is 5.64. The number of benzene rings is 2. The molecule has 9 nitrogen and oxygen atoms in total. The number of likely N-dealkylation sites (tertiary alicyclic amines) is 1. The number of nitrogens with one attached hydrogen (secondary N) is 3. The van der Waals surface area contributed by atoms with E-state index in [4.69, 9.17) is 0 Å². The molecule has 1 fully saturated rings. The second kappa shape index (κ2) is 7.75. The SMILES string of the molecule is O=[N+]([O-])c1ccc2[nH]nc(-c3nc4ccc(NCCCN5CCCC5)cc4[nH]3)c2c1. The lowest BCUT2D eigenvalue weighted by Crippen LogP contribution is -2.22. The summed E-state index contributed by atoms with van der Waals surface area (Å²) in [6.07, 6.45) is 3.76. The van der Waals surface area contributed by atoms with Crippen LogP contribution >= 0.6 is 0 Å². The number of H-pyrrole nitrogens is 2.